The summed E-state index contributed by atoms with van der Waals surface area (Å²) in [6, 6.07) is 13.5. The Morgan fingerprint density at radius 3 is 2.32 bits per heavy atom. The number of benzene rings is 2. The number of nitrogens with one attached hydrogen (secondary N) is 1. The summed E-state index contributed by atoms with van der Waals surface area (Å²) < 4.78 is 28.9. The van der Waals surface area contributed by atoms with E-state index in [-0.39, 0.29) is 16.6 Å². The molecule has 2 aromatic carbocycles. The number of aromatic nitrogens is 1. The number of anilines is 1. The lowest BCUT2D eigenvalue weighted by Gasteiger charge is -2.04. The fourth-order valence-electron chi connectivity index (χ4n) is 2.62. The molecule has 0 aliphatic carbocycles. The van der Waals surface area contributed by atoms with Crippen LogP contribution in [0.4, 0.5) is 5.13 Å². The highest BCUT2D eigenvalue weighted by Gasteiger charge is 2.15. The van der Waals surface area contributed by atoms with Crippen LogP contribution in [0.3, 0.4) is 0 Å². The number of carbonyl (C=O) groups is 1. The molecule has 1 aromatic heterocycles. The molecule has 3 aromatic rings. The molecule has 0 aliphatic rings. The fraction of sp³-hybridized carbons (Fsp3) is 0.200. The van der Waals surface area contributed by atoms with Crippen molar-refractivity contribution in [2.75, 3.05) is 18.2 Å². The number of hydrogen-bond donors (Lipinski definition) is 1. The maximum atomic E-state index is 12.5. The zero-order valence-corrected chi connectivity index (χ0v) is 17.4. The van der Waals surface area contributed by atoms with E-state index >= 15 is 0 Å². The lowest BCUT2D eigenvalue weighted by Crippen LogP contribution is -2.12. The summed E-state index contributed by atoms with van der Waals surface area (Å²) in [5.74, 6) is 0.444. The van der Waals surface area contributed by atoms with Crippen LogP contribution in [0.1, 0.15) is 22.2 Å². The lowest BCUT2D eigenvalue weighted by atomic mass is 10.1. The summed E-state index contributed by atoms with van der Waals surface area (Å²) in [5, 5.41) is 3.26. The highest BCUT2D eigenvalue weighted by atomic mass is 32.2. The molecule has 0 fully saturated rings. The number of hydrogen-bond acceptors (Lipinski definition) is 6. The van der Waals surface area contributed by atoms with Crippen molar-refractivity contribution >= 4 is 32.2 Å². The Morgan fingerprint density at radius 1 is 1.11 bits per heavy atom. The van der Waals surface area contributed by atoms with E-state index in [2.05, 4.69) is 10.3 Å². The standard InChI is InChI=1S/C20H20N2O4S2/c1-4-28(24,25)17-11-7-15(8-12-17)19(23)22-20-21-18(13(2)27-20)14-5-9-16(26-3)10-6-14/h5-12H,4H2,1-3H3,(H,21,22,23). The minimum atomic E-state index is -3.29. The third kappa shape index (κ3) is 4.23. The van der Waals surface area contributed by atoms with Gasteiger partial charge in [0, 0.05) is 16.0 Å². The van der Waals surface area contributed by atoms with Gasteiger partial charge in [-0.25, -0.2) is 13.4 Å². The zero-order valence-electron chi connectivity index (χ0n) is 15.7. The minimum Gasteiger partial charge on any atom is -0.497 e. The van der Waals surface area contributed by atoms with Crippen molar-refractivity contribution in [2.45, 2.75) is 18.7 Å². The average Bonchev–Trinajstić information content (AvgIpc) is 3.08. The summed E-state index contributed by atoms with van der Waals surface area (Å²) in [6.45, 7) is 3.53. The van der Waals surface area contributed by atoms with Gasteiger partial charge in [-0.2, -0.15) is 0 Å². The first kappa shape index (κ1) is 20.0. The molecule has 8 heteroatoms. The number of aryl methyl sites for hydroxylation is 1. The predicted molar refractivity (Wildman–Crippen MR) is 111 cm³/mol. The number of ether oxygens (including phenoxy) is 1. The van der Waals surface area contributed by atoms with Crippen LogP contribution in [0.15, 0.2) is 53.4 Å². The van der Waals surface area contributed by atoms with Gasteiger partial charge in [-0.1, -0.05) is 6.92 Å². The Kier molecular flexibility index (Phi) is 5.81. The summed E-state index contributed by atoms with van der Waals surface area (Å²) in [6.07, 6.45) is 0. The molecule has 0 bridgehead atoms. The summed E-state index contributed by atoms with van der Waals surface area (Å²) >= 11 is 1.38. The fourth-order valence-corrected chi connectivity index (χ4v) is 4.33. The van der Waals surface area contributed by atoms with E-state index in [9.17, 15) is 13.2 Å². The molecular weight excluding hydrogens is 396 g/mol. The topological polar surface area (TPSA) is 85.4 Å². The van der Waals surface area contributed by atoms with Crippen molar-refractivity contribution in [1.29, 1.82) is 0 Å². The van der Waals surface area contributed by atoms with E-state index in [0.29, 0.717) is 10.7 Å². The van der Waals surface area contributed by atoms with E-state index in [4.69, 9.17) is 4.74 Å². The molecule has 0 saturated carbocycles. The maximum absolute atomic E-state index is 12.5. The molecule has 1 amide bonds. The average molecular weight is 417 g/mol. The second kappa shape index (κ2) is 8.12. The van der Waals surface area contributed by atoms with E-state index in [0.717, 1.165) is 21.9 Å². The molecule has 3 rings (SSSR count). The second-order valence-corrected chi connectivity index (χ2v) is 9.52. The van der Waals surface area contributed by atoms with Gasteiger partial charge in [0.1, 0.15) is 5.75 Å². The van der Waals surface area contributed by atoms with Crippen molar-refractivity contribution in [3.63, 3.8) is 0 Å². The lowest BCUT2D eigenvalue weighted by molar-refractivity contribution is 0.102. The molecule has 0 unspecified atom stereocenters. The van der Waals surface area contributed by atoms with Gasteiger partial charge in [-0.3, -0.25) is 10.1 Å². The van der Waals surface area contributed by atoms with Gasteiger partial charge in [-0.15, -0.1) is 11.3 Å². The third-order valence-electron chi connectivity index (χ3n) is 4.24. The Morgan fingerprint density at radius 2 is 1.75 bits per heavy atom. The van der Waals surface area contributed by atoms with Gasteiger partial charge < -0.3 is 4.74 Å². The van der Waals surface area contributed by atoms with Crippen LogP contribution in [0.25, 0.3) is 11.3 Å². The Labute approximate surface area is 168 Å². The van der Waals surface area contributed by atoms with Crippen molar-refractivity contribution in [3.05, 3.63) is 59.0 Å². The summed E-state index contributed by atoms with van der Waals surface area (Å²) in [7, 11) is -1.68. The smallest absolute Gasteiger partial charge is 0.257 e. The van der Waals surface area contributed by atoms with Gasteiger partial charge in [0.2, 0.25) is 0 Å². The normalized spacial score (nSPS) is 11.2. The van der Waals surface area contributed by atoms with E-state index in [1.807, 2.05) is 31.2 Å². The van der Waals surface area contributed by atoms with Gasteiger partial charge in [-0.05, 0) is 55.5 Å². The third-order valence-corrected chi connectivity index (χ3v) is 6.87. The highest BCUT2D eigenvalue weighted by Crippen LogP contribution is 2.31. The van der Waals surface area contributed by atoms with Crippen LogP contribution in [0.5, 0.6) is 5.75 Å². The zero-order chi connectivity index (χ0) is 20.3. The Hall–Kier alpha value is -2.71. The van der Waals surface area contributed by atoms with Crippen LogP contribution in [0.2, 0.25) is 0 Å². The van der Waals surface area contributed by atoms with Crippen LogP contribution >= 0.6 is 11.3 Å². The van der Waals surface area contributed by atoms with Crippen LogP contribution < -0.4 is 10.1 Å². The number of sulfone groups is 1. The molecule has 0 radical (unpaired) electrons. The molecular formula is C20H20N2O4S2. The maximum Gasteiger partial charge on any atom is 0.257 e. The molecule has 1 N–H and O–H groups in total. The molecule has 146 valence electrons. The first-order chi connectivity index (χ1) is 13.3. The SMILES string of the molecule is CCS(=O)(=O)c1ccc(C(=O)Nc2nc(-c3ccc(OC)cc3)c(C)s2)cc1. The van der Waals surface area contributed by atoms with Gasteiger partial charge in [0.25, 0.3) is 5.91 Å². The van der Waals surface area contributed by atoms with Crippen molar-refractivity contribution in [1.82, 2.24) is 4.98 Å². The number of amides is 1. The first-order valence-electron chi connectivity index (χ1n) is 8.60. The molecule has 28 heavy (non-hydrogen) atoms. The molecule has 0 saturated heterocycles. The van der Waals surface area contributed by atoms with Crippen LogP contribution in [-0.4, -0.2) is 32.2 Å². The van der Waals surface area contributed by atoms with Crippen molar-refractivity contribution in [3.8, 4) is 17.0 Å². The largest absolute Gasteiger partial charge is 0.497 e. The predicted octanol–water partition coefficient (Wildman–Crippen LogP) is 4.17. The van der Waals surface area contributed by atoms with Gasteiger partial charge in [0.05, 0.1) is 23.5 Å². The van der Waals surface area contributed by atoms with Gasteiger partial charge >= 0.3 is 0 Å². The number of carbonyl (C=O) groups excluding carboxylic acids is 1. The Bertz CT molecular complexity index is 1090. The van der Waals surface area contributed by atoms with Crippen LogP contribution in [-0.2, 0) is 9.84 Å². The Balaban J connectivity index is 1.77. The molecule has 6 nitrogen and oxygen atoms in total. The van der Waals surface area contributed by atoms with Crippen molar-refractivity contribution in [2.24, 2.45) is 0 Å². The molecule has 0 atom stereocenters. The number of methoxy groups -OCH3 is 1. The number of nitrogens with zero attached hydrogens (tertiary/aromatic N) is 1. The number of thiazole rings is 1. The molecule has 0 aliphatic heterocycles. The number of rotatable bonds is 6. The quantitative estimate of drug-likeness (QED) is 0.652. The first-order valence-corrected chi connectivity index (χ1v) is 11.1. The second-order valence-electron chi connectivity index (χ2n) is 6.03. The van der Waals surface area contributed by atoms with Gasteiger partial charge in [0.15, 0.2) is 15.0 Å². The van der Waals surface area contributed by atoms with Crippen molar-refractivity contribution < 1.29 is 17.9 Å². The van der Waals surface area contributed by atoms with E-state index < -0.39 is 9.84 Å². The highest BCUT2D eigenvalue weighted by molar-refractivity contribution is 7.91. The molecule has 0 spiro atoms. The van der Waals surface area contributed by atoms with Crippen LogP contribution in [0, 0.1) is 6.92 Å². The summed E-state index contributed by atoms with van der Waals surface area (Å²) in [5.41, 5.74) is 2.10. The van der Waals surface area contributed by atoms with E-state index in [1.54, 1.807) is 14.0 Å². The monoisotopic (exact) mass is 416 g/mol. The molecule has 1 heterocycles. The minimum absolute atomic E-state index is 0.0189. The van der Waals surface area contributed by atoms with E-state index in [1.165, 1.54) is 35.6 Å². The summed E-state index contributed by atoms with van der Waals surface area (Å²) in [4.78, 5) is 18.2.